The predicted molar refractivity (Wildman–Crippen MR) is 117 cm³/mol. The van der Waals surface area contributed by atoms with E-state index >= 15 is 0 Å². The van der Waals surface area contributed by atoms with Crippen LogP contribution in [0.3, 0.4) is 0 Å². The van der Waals surface area contributed by atoms with Gasteiger partial charge in [-0.1, -0.05) is 36.7 Å². The molecule has 10 nitrogen and oxygen atoms in total. The second kappa shape index (κ2) is 8.96. The summed E-state index contributed by atoms with van der Waals surface area (Å²) in [7, 11) is 0. The van der Waals surface area contributed by atoms with Crippen LogP contribution in [0.5, 0.6) is 0 Å². The molecule has 1 aliphatic rings. The van der Waals surface area contributed by atoms with Gasteiger partial charge in [-0.15, -0.1) is 0 Å². The van der Waals surface area contributed by atoms with Gasteiger partial charge >= 0.3 is 0 Å². The van der Waals surface area contributed by atoms with Gasteiger partial charge in [0.25, 0.3) is 11.8 Å². The third-order valence-electron chi connectivity index (χ3n) is 4.95. The summed E-state index contributed by atoms with van der Waals surface area (Å²) < 4.78 is 5.43. The summed E-state index contributed by atoms with van der Waals surface area (Å²) in [4.78, 5) is 37.8. The lowest BCUT2D eigenvalue weighted by atomic mass is 10.0. The van der Waals surface area contributed by atoms with Gasteiger partial charge in [0.2, 0.25) is 17.6 Å². The van der Waals surface area contributed by atoms with Crippen LogP contribution in [0, 0.1) is 12.8 Å². The van der Waals surface area contributed by atoms with Crippen LogP contribution in [0.25, 0.3) is 11.4 Å². The average molecular weight is 433 g/mol. The van der Waals surface area contributed by atoms with Crippen LogP contribution < -0.4 is 15.8 Å². The normalized spacial score (nSPS) is 14.7. The number of nitrogens with one attached hydrogen (secondary N) is 2. The second-order valence-corrected chi connectivity index (χ2v) is 7.73. The molecule has 1 aliphatic heterocycles. The van der Waals surface area contributed by atoms with Crippen LogP contribution in [-0.2, 0) is 9.59 Å². The third kappa shape index (κ3) is 4.48. The second-order valence-electron chi connectivity index (χ2n) is 7.73. The topological polar surface area (TPSA) is 126 Å². The van der Waals surface area contributed by atoms with Gasteiger partial charge in [-0.3, -0.25) is 25.0 Å². The molecule has 0 radical (unpaired) electrons. The number of benzene rings is 1. The molecule has 1 aromatic carbocycles. The number of rotatable bonds is 6. The predicted octanol–water partition coefficient (Wildman–Crippen LogP) is 2.20. The number of hydrogen-bond donors (Lipinski definition) is 2. The number of aromatic nitrogens is 3. The lowest BCUT2D eigenvalue weighted by Crippen LogP contribution is -2.56. The van der Waals surface area contributed by atoms with E-state index in [-0.39, 0.29) is 30.1 Å². The number of hydrogen-bond acceptors (Lipinski definition) is 8. The zero-order valence-electron chi connectivity index (χ0n) is 17.9. The molecule has 0 bridgehead atoms. The zero-order valence-corrected chi connectivity index (χ0v) is 17.9. The van der Waals surface area contributed by atoms with E-state index in [0.717, 1.165) is 11.1 Å². The first-order valence-electron chi connectivity index (χ1n) is 10.2. The highest BCUT2D eigenvalue weighted by atomic mass is 16.5. The summed E-state index contributed by atoms with van der Waals surface area (Å²) in [5.74, 6) is -0.0512. The highest BCUT2D eigenvalue weighted by Crippen LogP contribution is 2.23. The van der Waals surface area contributed by atoms with Gasteiger partial charge in [0.05, 0.1) is 5.69 Å². The number of aliphatic imine (C=N–C) groups is 1. The fourth-order valence-electron chi connectivity index (χ4n) is 3.15. The van der Waals surface area contributed by atoms with E-state index in [9.17, 15) is 9.59 Å². The van der Waals surface area contributed by atoms with Gasteiger partial charge in [-0.05, 0) is 37.1 Å². The minimum absolute atomic E-state index is 0.0321. The molecule has 2 N–H and O–H groups in total. The fourth-order valence-corrected chi connectivity index (χ4v) is 3.15. The van der Waals surface area contributed by atoms with Crippen molar-refractivity contribution in [1.82, 2.24) is 25.9 Å². The number of anilines is 1. The van der Waals surface area contributed by atoms with Crippen molar-refractivity contribution in [3.05, 3.63) is 60.2 Å². The summed E-state index contributed by atoms with van der Waals surface area (Å²) in [6.07, 6.45) is 3.28. The largest absolute Gasteiger partial charge is 0.337 e. The molecule has 3 aromatic rings. The highest BCUT2D eigenvalue weighted by molar-refractivity contribution is 6.39. The number of hydrazine groups is 1. The molecule has 0 fully saturated rings. The Morgan fingerprint density at radius 3 is 2.56 bits per heavy atom. The standard InChI is InChI=1S/C22H23N7O3/c1-13(2)18(22-26-19(28-32-22)15-8-10-23-11-9-15)25-21(31)20-24-12-17(30)29(27-20)16-6-4-14(3)5-7-16/h4-11,13,18H,12H2,1-3H3,(H,24,27)(H,25,31). The molecule has 32 heavy (non-hydrogen) atoms. The molecule has 1 atom stereocenters. The number of carbonyl (C=O) groups excluding carboxylic acids is 2. The quantitative estimate of drug-likeness (QED) is 0.610. The molecule has 0 saturated carbocycles. The zero-order chi connectivity index (χ0) is 22.7. The van der Waals surface area contributed by atoms with Crippen LogP contribution in [0.15, 0.2) is 58.3 Å². The van der Waals surface area contributed by atoms with E-state index in [1.165, 1.54) is 5.01 Å². The summed E-state index contributed by atoms with van der Waals surface area (Å²) in [6.45, 7) is 5.68. The van der Waals surface area contributed by atoms with Crippen molar-refractivity contribution in [1.29, 1.82) is 0 Å². The van der Waals surface area contributed by atoms with Crippen molar-refractivity contribution in [2.45, 2.75) is 26.8 Å². The van der Waals surface area contributed by atoms with Crippen LogP contribution in [0.1, 0.15) is 31.3 Å². The molecule has 4 rings (SSSR count). The van der Waals surface area contributed by atoms with Gasteiger partial charge < -0.3 is 9.84 Å². The van der Waals surface area contributed by atoms with Crippen molar-refractivity contribution >= 4 is 23.3 Å². The summed E-state index contributed by atoms with van der Waals surface area (Å²) in [5.41, 5.74) is 5.26. The third-order valence-corrected chi connectivity index (χ3v) is 4.95. The minimum atomic E-state index is -0.541. The first kappa shape index (κ1) is 21.2. The van der Waals surface area contributed by atoms with Crippen molar-refractivity contribution in [2.75, 3.05) is 11.6 Å². The van der Waals surface area contributed by atoms with E-state index in [1.807, 2.05) is 32.9 Å². The first-order valence-corrected chi connectivity index (χ1v) is 10.2. The van der Waals surface area contributed by atoms with Crippen molar-refractivity contribution in [2.24, 2.45) is 10.9 Å². The Hall–Kier alpha value is -4.08. The van der Waals surface area contributed by atoms with E-state index < -0.39 is 11.9 Å². The SMILES string of the molecule is Cc1ccc(N2NC(C(=O)NC(c3nc(-c4ccncc4)no3)C(C)C)=NCC2=O)cc1. The molecule has 0 aliphatic carbocycles. The molecular formula is C22H23N7O3. The Morgan fingerprint density at radius 2 is 1.88 bits per heavy atom. The molecule has 164 valence electrons. The van der Waals surface area contributed by atoms with Gasteiger partial charge in [0, 0.05) is 18.0 Å². The number of carbonyl (C=O) groups is 2. The van der Waals surface area contributed by atoms with Crippen molar-refractivity contribution < 1.29 is 14.1 Å². The van der Waals surface area contributed by atoms with E-state index in [0.29, 0.717) is 11.5 Å². The lowest BCUT2D eigenvalue weighted by Gasteiger charge is -2.28. The maximum atomic E-state index is 13.0. The maximum Gasteiger partial charge on any atom is 0.288 e. The Bertz CT molecular complexity index is 1140. The summed E-state index contributed by atoms with van der Waals surface area (Å²) in [6, 6.07) is 10.4. The fraction of sp³-hybridized carbons (Fsp3) is 0.273. The monoisotopic (exact) mass is 433 g/mol. The Labute approximate surface area is 184 Å². The van der Waals surface area contributed by atoms with E-state index in [2.05, 4.69) is 30.9 Å². The Morgan fingerprint density at radius 1 is 1.16 bits per heavy atom. The number of amides is 2. The smallest absolute Gasteiger partial charge is 0.288 e. The molecule has 0 spiro atoms. The number of nitrogens with zero attached hydrogens (tertiary/aromatic N) is 5. The van der Waals surface area contributed by atoms with Gasteiger partial charge in [0.1, 0.15) is 12.6 Å². The highest BCUT2D eigenvalue weighted by Gasteiger charge is 2.30. The van der Waals surface area contributed by atoms with Crippen LogP contribution >= 0.6 is 0 Å². The minimum Gasteiger partial charge on any atom is -0.337 e. The Balaban J connectivity index is 1.50. The summed E-state index contributed by atoms with van der Waals surface area (Å²) >= 11 is 0. The average Bonchev–Trinajstić information content (AvgIpc) is 3.28. The molecule has 2 amide bonds. The maximum absolute atomic E-state index is 13.0. The van der Waals surface area contributed by atoms with E-state index in [4.69, 9.17) is 4.52 Å². The van der Waals surface area contributed by atoms with Gasteiger partial charge in [-0.2, -0.15) is 4.98 Å². The lowest BCUT2D eigenvalue weighted by molar-refractivity contribution is -0.118. The molecule has 10 heteroatoms. The Kier molecular flexibility index (Phi) is 5.93. The first-order chi connectivity index (χ1) is 15.4. The van der Waals surface area contributed by atoms with Crippen molar-refractivity contribution in [3.8, 4) is 11.4 Å². The van der Waals surface area contributed by atoms with Crippen LogP contribution in [0.4, 0.5) is 5.69 Å². The van der Waals surface area contributed by atoms with Crippen molar-refractivity contribution in [3.63, 3.8) is 0 Å². The van der Waals surface area contributed by atoms with Crippen LogP contribution in [0.2, 0.25) is 0 Å². The van der Waals surface area contributed by atoms with Gasteiger partial charge in [0.15, 0.2) is 0 Å². The molecule has 3 heterocycles. The van der Waals surface area contributed by atoms with Crippen LogP contribution in [-0.4, -0.2) is 39.3 Å². The molecule has 0 saturated heterocycles. The summed E-state index contributed by atoms with van der Waals surface area (Å²) in [5, 5.41) is 8.22. The molecule has 2 aromatic heterocycles. The molecule has 1 unspecified atom stereocenters. The number of amidine groups is 1. The van der Waals surface area contributed by atoms with Gasteiger partial charge in [-0.25, -0.2) is 5.01 Å². The number of pyridine rings is 1. The van der Waals surface area contributed by atoms with E-state index in [1.54, 1.807) is 36.7 Å². The number of aryl methyl sites for hydroxylation is 1. The molecular weight excluding hydrogens is 410 g/mol.